The minimum Gasteiger partial charge on any atom is -0.501 e. The first kappa shape index (κ1) is 11.1. The van der Waals surface area contributed by atoms with Crippen molar-refractivity contribution in [3.63, 3.8) is 0 Å². The molecule has 0 aromatic heterocycles. The van der Waals surface area contributed by atoms with E-state index in [9.17, 15) is 0 Å². The molecular formula is C13H20O. The smallest absolute Gasteiger partial charge is 0.0993 e. The number of methoxy groups -OCH3 is 1. The van der Waals surface area contributed by atoms with Crippen LogP contribution in [-0.4, -0.2) is 7.11 Å². The van der Waals surface area contributed by atoms with Gasteiger partial charge in [-0.1, -0.05) is 23.3 Å². The van der Waals surface area contributed by atoms with Gasteiger partial charge in [0.15, 0.2) is 0 Å². The van der Waals surface area contributed by atoms with Crippen LogP contribution in [0, 0.1) is 5.92 Å². The lowest BCUT2D eigenvalue weighted by atomic mass is 9.89. The minimum atomic E-state index is 0.462. The molecule has 0 spiro atoms. The molecule has 0 aromatic carbocycles. The van der Waals surface area contributed by atoms with Gasteiger partial charge in [0.1, 0.15) is 0 Å². The highest BCUT2D eigenvalue weighted by atomic mass is 16.5. The molecule has 0 heterocycles. The maximum Gasteiger partial charge on any atom is 0.0993 e. The average molecular weight is 192 g/mol. The normalized spacial score (nSPS) is 21.0. The van der Waals surface area contributed by atoms with Crippen molar-refractivity contribution in [1.29, 1.82) is 0 Å². The topological polar surface area (TPSA) is 9.23 Å². The van der Waals surface area contributed by atoms with Crippen molar-refractivity contribution in [3.8, 4) is 0 Å². The van der Waals surface area contributed by atoms with Gasteiger partial charge < -0.3 is 4.74 Å². The zero-order valence-corrected chi connectivity index (χ0v) is 9.63. The third kappa shape index (κ3) is 2.76. The number of allylic oxidation sites excluding steroid dienone is 5. The van der Waals surface area contributed by atoms with Gasteiger partial charge in [0, 0.05) is 5.92 Å². The van der Waals surface area contributed by atoms with Gasteiger partial charge in [0.2, 0.25) is 0 Å². The van der Waals surface area contributed by atoms with Crippen LogP contribution in [0.2, 0.25) is 0 Å². The SMILES string of the molecule is COC1=CCC=C(C)C1CC=C(C)C. The molecular weight excluding hydrogens is 172 g/mol. The van der Waals surface area contributed by atoms with Crippen molar-refractivity contribution in [2.24, 2.45) is 5.92 Å². The van der Waals surface area contributed by atoms with Gasteiger partial charge in [-0.2, -0.15) is 0 Å². The Morgan fingerprint density at radius 2 is 2.21 bits per heavy atom. The van der Waals surface area contributed by atoms with Crippen LogP contribution in [0.15, 0.2) is 35.1 Å². The first-order valence-electron chi connectivity index (χ1n) is 5.19. The second-order valence-electron chi connectivity index (χ2n) is 4.06. The molecule has 0 aromatic rings. The van der Waals surface area contributed by atoms with Gasteiger partial charge in [0.05, 0.1) is 12.9 Å². The molecule has 0 N–H and O–H groups in total. The van der Waals surface area contributed by atoms with E-state index in [1.54, 1.807) is 7.11 Å². The fourth-order valence-corrected chi connectivity index (χ4v) is 1.75. The molecule has 0 saturated carbocycles. The first-order chi connectivity index (χ1) is 6.65. The Kier molecular flexibility index (Phi) is 3.99. The van der Waals surface area contributed by atoms with Crippen LogP contribution in [0.5, 0.6) is 0 Å². The van der Waals surface area contributed by atoms with E-state index in [0.29, 0.717) is 5.92 Å². The Labute approximate surface area is 87.2 Å². The van der Waals surface area contributed by atoms with Crippen molar-refractivity contribution in [2.45, 2.75) is 33.6 Å². The number of hydrogen-bond acceptors (Lipinski definition) is 1. The van der Waals surface area contributed by atoms with E-state index in [1.807, 2.05) is 0 Å². The lowest BCUT2D eigenvalue weighted by Gasteiger charge is -2.22. The van der Waals surface area contributed by atoms with Crippen LogP contribution in [0.3, 0.4) is 0 Å². The molecule has 0 radical (unpaired) electrons. The Balaban J connectivity index is 2.71. The molecule has 1 heteroatoms. The molecule has 1 aliphatic rings. The first-order valence-corrected chi connectivity index (χ1v) is 5.19. The van der Waals surface area contributed by atoms with E-state index < -0.39 is 0 Å². The maximum atomic E-state index is 5.40. The summed E-state index contributed by atoms with van der Waals surface area (Å²) in [6.07, 6.45) is 8.81. The molecule has 0 saturated heterocycles. The fraction of sp³-hybridized carbons (Fsp3) is 0.538. The Bertz CT molecular complexity index is 278. The van der Waals surface area contributed by atoms with Gasteiger partial charge in [-0.05, 0) is 39.7 Å². The minimum absolute atomic E-state index is 0.462. The molecule has 0 aliphatic heterocycles. The second-order valence-corrected chi connectivity index (χ2v) is 4.06. The molecule has 1 unspecified atom stereocenters. The molecule has 1 atom stereocenters. The van der Waals surface area contributed by atoms with Crippen molar-refractivity contribution < 1.29 is 4.74 Å². The summed E-state index contributed by atoms with van der Waals surface area (Å²) in [6, 6.07) is 0. The third-order valence-electron chi connectivity index (χ3n) is 2.65. The lowest BCUT2D eigenvalue weighted by Crippen LogP contribution is -2.10. The van der Waals surface area contributed by atoms with E-state index in [1.165, 1.54) is 11.1 Å². The second kappa shape index (κ2) is 5.04. The van der Waals surface area contributed by atoms with Crippen LogP contribution in [0.25, 0.3) is 0 Å². The summed E-state index contributed by atoms with van der Waals surface area (Å²) in [4.78, 5) is 0. The molecule has 1 nitrogen and oxygen atoms in total. The van der Waals surface area contributed by atoms with E-state index >= 15 is 0 Å². The molecule has 14 heavy (non-hydrogen) atoms. The molecule has 78 valence electrons. The lowest BCUT2D eigenvalue weighted by molar-refractivity contribution is 0.249. The van der Waals surface area contributed by atoms with E-state index in [-0.39, 0.29) is 0 Å². The average Bonchev–Trinajstić information content (AvgIpc) is 2.15. The molecule has 0 bridgehead atoms. The van der Waals surface area contributed by atoms with Crippen molar-refractivity contribution in [1.82, 2.24) is 0 Å². The molecule has 1 aliphatic carbocycles. The standard InChI is InChI=1S/C13H20O/c1-10(2)8-9-12-11(3)6-5-7-13(12)14-4/h6-8,12H,5,9H2,1-4H3. The van der Waals surface area contributed by atoms with Crippen molar-refractivity contribution in [2.75, 3.05) is 7.11 Å². The summed E-state index contributed by atoms with van der Waals surface area (Å²) in [7, 11) is 1.76. The Hall–Kier alpha value is -0.980. The highest BCUT2D eigenvalue weighted by molar-refractivity contribution is 5.23. The van der Waals surface area contributed by atoms with E-state index in [2.05, 4.69) is 39.0 Å². The number of hydrogen-bond donors (Lipinski definition) is 0. The molecule has 0 amide bonds. The zero-order chi connectivity index (χ0) is 10.6. The summed E-state index contributed by atoms with van der Waals surface area (Å²) in [6.45, 7) is 6.46. The van der Waals surface area contributed by atoms with Gasteiger partial charge in [0.25, 0.3) is 0 Å². The summed E-state index contributed by atoms with van der Waals surface area (Å²) < 4.78 is 5.40. The van der Waals surface area contributed by atoms with Crippen molar-refractivity contribution in [3.05, 3.63) is 35.1 Å². The predicted octanol–water partition coefficient (Wildman–Crippen LogP) is 3.84. The van der Waals surface area contributed by atoms with Crippen LogP contribution >= 0.6 is 0 Å². The van der Waals surface area contributed by atoms with Gasteiger partial charge in [-0.15, -0.1) is 0 Å². The van der Waals surface area contributed by atoms with Crippen LogP contribution in [0.4, 0.5) is 0 Å². The number of ether oxygens (including phenoxy) is 1. The van der Waals surface area contributed by atoms with Gasteiger partial charge >= 0.3 is 0 Å². The van der Waals surface area contributed by atoms with Crippen LogP contribution in [-0.2, 0) is 4.74 Å². The number of rotatable bonds is 3. The fourth-order valence-electron chi connectivity index (χ4n) is 1.75. The van der Waals surface area contributed by atoms with Crippen molar-refractivity contribution >= 4 is 0 Å². The highest BCUT2D eigenvalue weighted by Gasteiger charge is 2.18. The molecule has 1 rings (SSSR count). The van der Waals surface area contributed by atoms with Gasteiger partial charge in [-0.25, -0.2) is 0 Å². The Morgan fingerprint density at radius 1 is 1.50 bits per heavy atom. The summed E-state index contributed by atoms with van der Waals surface area (Å²) in [5, 5.41) is 0. The monoisotopic (exact) mass is 192 g/mol. The maximum absolute atomic E-state index is 5.40. The predicted molar refractivity (Wildman–Crippen MR) is 61.0 cm³/mol. The summed E-state index contributed by atoms with van der Waals surface area (Å²) in [5.41, 5.74) is 2.81. The van der Waals surface area contributed by atoms with E-state index in [4.69, 9.17) is 4.74 Å². The van der Waals surface area contributed by atoms with Gasteiger partial charge in [-0.3, -0.25) is 0 Å². The van der Waals surface area contributed by atoms with Crippen LogP contribution < -0.4 is 0 Å². The third-order valence-corrected chi connectivity index (χ3v) is 2.65. The summed E-state index contributed by atoms with van der Waals surface area (Å²) in [5.74, 6) is 1.59. The largest absolute Gasteiger partial charge is 0.501 e. The summed E-state index contributed by atoms with van der Waals surface area (Å²) >= 11 is 0. The molecule has 0 fully saturated rings. The van der Waals surface area contributed by atoms with E-state index in [0.717, 1.165) is 18.6 Å². The quantitative estimate of drug-likeness (QED) is 0.617. The van der Waals surface area contributed by atoms with Crippen LogP contribution in [0.1, 0.15) is 33.6 Å². The Morgan fingerprint density at radius 3 is 2.79 bits per heavy atom. The zero-order valence-electron chi connectivity index (χ0n) is 9.63. The highest BCUT2D eigenvalue weighted by Crippen LogP contribution is 2.29.